The van der Waals surface area contributed by atoms with E-state index in [1.807, 2.05) is 5.38 Å². The molecular formula is C21H15FN4O3S2. The summed E-state index contributed by atoms with van der Waals surface area (Å²) in [5.41, 5.74) is 1.47. The van der Waals surface area contributed by atoms with E-state index >= 15 is 0 Å². The maximum Gasteiger partial charge on any atom is 0.233 e. The van der Waals surface area contributed by atoms with Gasteiger partial charge in [-0.3, -0.25) is 9.52 Å². The van der Waals surface area contributed by atoms with Gasteiger partial charge in [0.2, 0.25) is 15.8 Å². The number of fused-ring (bicyclic) bond motifs is 1. The highest BCUT2D eigenvalue weighted by Gasteiger charge is 2.19. The maximum atomic E-state index is 14.3. The number of terminal acetylenes is 1. The second-order valence-corrected chi connectivity index (χ2v) is 9.29. The van der Waals surface area contributed by atoms with Crippen molar-refractivity contribution in [2.75, 3.05) is 10.5 Å². The van der Waals surface area contributed by atoms with Gasteiger partial charge in [-0.05, 0) is 35.7 Å². The predicted molar refractivity (Wildman–Crippen MR) is 117 cm³/mol. The molecule has 1 N–H and O–H groups in total. The highest BCUT2D eigenvalue weighted by Crippen LogP contribution is 2.27. The molecule has 0 radical (unpaired) electrons. The summed E-state index contributed by atoms with van der Waals surface area (Å²) in [5, 5.41) is 6.08. The monoisotopic (exact) mass is 454 g/mol. The van der Waals surface area contributed by atoms with Crippen molar-refractivity contribution in [3.05, 3.63) is 70.4 Å². The molecule has 0 saturated carbocycles. The molecule has 3 heterocycles. The zero-order chi connectivity index (χ0) is 22.0. The molecule has 1 aromatic carbocycles. The summed E-state index contributed by atoms with van der Waals surface area (Å²) in [6, 6.07) is 9.16. The van der Waals surface area contributed by atoms with Gasteiger partial charge in [-0.2, -0.15) is 5.10 Å². The van der Waals surface area contributed by atoms with Gasteiger partial charge < -0.3 is 0 Å². The SMILES string of the molecule is C#CCCS(=O)(=O)Nc1cc(-c2ccnc3c(C(=O)c4cccs4)cnn23)ccc1F. The molecule has 31 heavy (non-hydrogen) atoms. The molecule has 7 nitrogen and oxygen atoms in total. The normalized spacial score (nSPS) is 11.4. The Morgan fingerprint density at radius 1 is 1.29 bits per heavy atom. The zero-order valence-electron chi connectivity index (χ0n) is 15.9. The third kappa shape index (κ3) is 4.19. The Balaban J connectivity index is 1.74. The van der Waals surface area contributed by atoms with Crippen LogP contribution in [0.2, 0.25) is 0 Å². The fourth-order valence-corrected chi connectivity index (χ4v) is 4.64. The van der Waals surface area contributed by atoms with Crippen molar-refractivity contribution < 1.29 is 17.6 Å². The average molecular weight is 455 g/mol. The van der Waals surface area contributed by atoms with E-state index in [1.165, 1.54) is 40.4 Å². The predicted octanol–water partition coefficient (Wildman–Crippen LogP) is 3.59. The Hall–Kier alpha value is -3.55. The number of benzene rings is 1. The number of anilines is 1. The highest BCUT2D eigenvalue weighted by molar-refractivity contribution is 7.92. The van der Waals surface area contributed by atoms with Crippen LogP contribution >= 0.6 is 11.3 Å². The summed E-state index contributed by atoms with van der Waals surface area (Å²) in [4.78, 5) is 17.6. The molecule has 0 aliphatic rings. The van der Waals surface area contributed by atoms with Crippen LogP contribution in [0, 0.1) is 18.2 Å². The van der Waals surface area contributed by atoms with Crippen molar-refractivity contribution in [1.82, 2.24) is 14.6 Å². The summed E-state index contributed by atoms with van der Waals surface area (Å²) in [7, 11) is -3.80. The fraction of sp³-hybridized carbons (Fsp3) is 0.0952. The molecular weight excluding hydrogens is 439 g/mol. The fourth-order valence-electron chi connectivity index (χ4n) is 2.99. The first-order valence-corrected chi connectivity index (χ1v) is 11.6. The molecule has 0 amide bonds. The van der Waals surface area contributed by atoms with Crippen molar-refractivity contribution in [2.24, 2.45) is 0 Å². The molecule has 0 aliphatic carbocycles. The first-order chi connectivity index (χ1) is 14.9. The van der Waals surface area contributed by atoms with Gasteiger partial charge >= 0.3 is 0 Å². The molecule has 10 heteroatoms. The van der Waals surface area contributed by atoms with Crippen LogP contribution in [0.5, 0.6) is 0 Å². The van der Waals surface area contributed by atoms with Gasteiger partial charge in [-0.15, -0.1) is 23.7 Å². The van der Waals surface area contributed by atoms with E-state index in [9.17, 15) is 17.6 Å². The maximum absolute atomic E-state index is 14.3. The molecule has 0 saturated heterocycles. The van der Waals surface area contributed by atoms with Crippen molar-refractivity contribution in [3.8, 4) is 23.6 Å². The summed E-state index contributed by atoms with van der Waals surface area (Å²) in [5.74, 6) is 0.998. The number of hydrogen-bond donors (Lipinski definition) is 1. The number of nitrogens with zero attached hydrogens (tertiary/aromatic N) is 3. The Kier molecular flexibility index (Phi) is 5.54. The third-order valence-corrected chi connectivity index (χ3v) is 6.57. The highest BCUT2D eigenvalue weighted by atomic mass is 32.2. The van der Waals surface area contributed by atoms with E-state index < -0.39 is 15.8 Å². The lowest BCUT2D eigenvalue weighted by Crippen LogP contribution is -2.17. The summed E-state index contributed by atoms with van der Waals surface area (Å²) in [6.45, 7) is 0. The van der Waals surface area contributed by atoms with Gasteiger partial charge in [0.15, 0.2) is 5.65 Å². The number of halogens is 1. The molecule has 156 valence electrons. The number of hydrogen-bond acceptors (Lipinski definition) is 6. The first kappa shape index (κ1) is 20.7. The number of aromatic nitrogens is 3. The van der Waals surface area contributed by atoms with Crippen LogP contribution in [-0.4, -0.2) is 34.6 Å². The van der Waals surface area contributed by atoms with Gasteiger partial charge in [0.25, 0.3) is 0 Å². The van der Waals surface area contributed by atoms with Crippen LogP contribution < -0.4 is 4.72 Å². The van der Waals surface area contributed by atoms with E-state index in [-0.39, 0.29) is 23.6 Å². The Bertz CT molecular complexity index is 1420. The zero-order valence-corrected chi connectivity index (χ0v) is 17.6. The minimum absolute atomic E-state index is 0.00987. The van der Waals surface area contributed by atoms with Gasteiger partial charge in [0.1, 0.15) is 5.82 Å². The number of rotatable bonds is 7. The van der Waals surface area contributed by atoms with Crippen LogP contribution in [0.1, 0.15) is 21.7 Å². The second kappa shape index (κ2) is 8.29. The van der Waals surface area contributed by atoms with E-state index in [2.05, 4.69) is 20.7 Å². The summed E-state index contributed by atoms with van der Waals surface area (Å²) >= 11 is 1.32. The standard InChI is InChI=1S/C21H15FN4O3S2/c1-2-3-11-31(28,29)25-17-12-14(6-7-16(17)22)18-8-9-23-21-15(13-24-26(18)21)20(27)19-5-4-10-30-19/h1,4-10,12-13,25H,3,11H2. The van der Waals surface area contributed by atoms with E-state index in [1.54, 1.807) is 18.2 Å². The second-order valence-electron chi connectivity index (χ2n) is 6.50. The van der Waals surface area contributed by atoms with Crippen LogP contribution in [0.3, 0.4) is 0 Å². The number of ketones is 1. The Labute approximate surface area is 181 Å². The smallest absolute Gasteiger partial charge is 0.233 e. The van der Waals surface area contributed by atoms with Gasteiger partial charge in [-0.25, -0.2) is 22.3 Å². The van der Waals surface area contributed by atoms with Crippen LogP contribution in [0.15, 0.2) is 54.2 Å². The van der Waals surface area contributed by atoms with Crippen LogP contribution in [-0.2, 0) is 10.0 Å². The summed E-state index contributed by atoms with van der Waals surface area (Å²) in [6.07, 6.45) is 8.06. The number of thiophene rings is 1. The van der Waals surface area contributed by atoms with E-state index in [4.69, 9.17) is 6.42 Å². The Morgan fingerprint density at radius 3 is 2.87 bits per heavy atom. The lowest BCUT2D eigenvalue weighted by molar-refractivity contribution is 0.104. The van der Waals surface area contributed by atoms with Crippen molar-refractivity contribution in [2.45, 2.75) is 6.42 Å². The van der Waals surface area contributed by atoms with E-state index in [0.29, 0.717) is 27.3 Å². The third-order valence-electron chi connectivity index (χ3n) is 4.43. The molecule has 4 aromatic rings. The van der Waals surface area contributed by atoms with E-state index in [0.717, 1.165) is 6.07 Å². The van der Waals surface area contributed by atoms with Crippen molar-refractivity contribution in [1.29, 1.82) is 0 Å². The topological polar surface area (TPSA) is 93.4 Å². The average Bonchev–Trinajstić information content (AvgIpc) is 3.43. The molecule has 0 unspecified atom stereocenters. The van der Waals surface area contributed by atoms with Gasteiger partial charge in [-0.1, -0.05) is 6.07 Å². The summed E-state index contributed by atoms with van der Waals surface area (Å²) < 4.78 is 42.2. The molecule has 0 fully saturated rings. The van der Waals surface area contributed by atoms with Gasteiger partial charge in [0.05, 0.1) is 33.8 Å². The number of carbonyl (C=O) groups is 1. The molecule has 0 aliphatic heterocycles. The lowest BCUT2D eigenvalue weighted by Gasteiger charge is -2.11. The minimum atomic E-state index is -3.80. The van der Waals surface area contributed by atoms with Crippen molar-refractivity contribution in [3.63, 3.8) is 0 Å². The lowest BCUT2D eigenvalue weighted by atomic mass is 10.1. The first-order valence-electron chi connectivity index (χ1n) is 9.04. The molecule has 4 rings (SSSR count). The molecule has 0 atom stereocenters. The quantitative estimate of drug-likeness (QED) is 0.340. The Morgan fingerprint density at radius 2 is 2.13 bits per heavy atom. The molecule has 0 bridgehead atoms. The van der Waals surface area contributed by atoms with Gasteiger partial charge in [0, 0.05) is 18.2 Å². The van der Waals surface area contributed by atoms with Crippen molar-refractivity contribution >= 4 is 38.5 Å². The minimum Gasteiger partial charge on any atom is -0.287 e. The number of carbonyl (C=O) groups excluding carboxylic acids is 1. The van der Waals surface area contributed by atoms with Crippen LogP contribution in [0.25, 0.3) is 16.9 Å². The molecule has 3 aromatic heterocycles. The number of nitrogens with one attached hydrogen (secondary N) is 1. The van der Waals surface area contributed by atoms with Crippen LogP contribution in [0.4, 0.5) is 10.1 Å². The largest absolute Gasteiger partial charge is 0.287 e. The molecule has 0 spiro atoms. The number of sulfonamides is 1.